The summed E-state index contributed by atoms with van der Waals surface area (Å²) in [7, 11) is 0. The predicted octanol–water partition coefficient (Wildman–Crippen LogP) is 3.37. The molecule has 1 N–H and O–H groups in total. The van der Waals surface area contributed by atoms with Crippen LogP contribution in [0.1, 0.15) is 30.1 Å². The molecule has 2 aromatic rings. The number of hydrogen-bond acceptors (Lipinski definition) is 4. The highest BCUT2D eigenvalue weighted by Crippen LogP contribution is 2.20. The van der Waals surface area contributed by atoms with Gasteiger partial charge in [-0.1, -0.05) is 6.92 Å². The highest BCUT2D eigenvalue weighted by atomic mass is 19.1. The molecule has 24 heavy (non-hydrogen) atoms. The molecule has 2 heterocycles. The summed E-state index contributed by atoms with van der Waals surface area (Å²) in [6, 6.07) is 3.18. The van der Waals surface area contributed by atoms with E-state index in [1.54, 1.807) is 4.90 Å². The predicted molar refractivity (Wildman–Crippen MR) is 86.0 cm³/mol. The van der Waals surface area contributed by atoms with E-state index in [0.29, 0.717) is 11.5 Å². The van der Waals surface area contributed by atoms with Crippen LogP contribution in [0, 0.1) is 17.6 Å². The van der Waals surface area contributed by atoms with Gasteiger partial charge in [0.05, 0.1) is 11.3 Å². The van der Waals surface area contributed by atoms with Gasteiger partial charge >= 0.3 is 0 Å². The molecule has 0 radical (unpaired) electrons. The molecule has 0 unspecified atom stereocenters. The van der Waals surface area contributed by atoms with Crippen LogP contribution in [0.15, 0.2) is 30.6 Å². The molecule has 5 nitrogen and oxygen atoms in total. The lowest BCUT2D eigenvalue weighted by molar-refractivity contribution is 0.0696. The van der Waals surface area contributed by atoms with E-state index in [1.165, 1.54) is 18.5 Å². The Bertz CT molecular complexity index is 728. The molecule has 0 aliphatic carbocycles. The van der Waals surface area contributed by atoms with Crippen molar-refractivity contribution in [2.75, 3.05) is 18.4 Å². The summed E-state index contributed by atoms with van der Waals surface area (Å²) in [6.07, 6.45) is 4.82. The molecule has 1 saturated heterocycles. The number of amides is 1. The number of carbonyl (C=O) groups is 1. The van der Waals surface area contributed by atoms with E-state index in [0.717, 1.165) is 38.1 Å². The van der Waals surface area contributed by atoms with Gasteiger partial charge in [-0.15, -0.1) is 0 Å². The number of carbonyl (C=O) groups excluding carboxylic acids is 1. The molecule has 1 amide bonds. The number of nitrogens with zero attached hydrogens (tertiary/aromatic N) is 3. The van der Waals surface area contributed by atoms with Gasteiger partial charge in [0.2, 0.25) is 5.95 Å². The number of hydrogen-bond donors (Lipinski definition) is 1. The van der Waals surface area contributed by atoms with Gasteiger partial charge in [-0.25, -0.2) is 18.7 Å². The normalized spacial score (nSPS) is 15.4. The van der Waals surface area contributed by atoms with Crippen LogP contribution in [0.2, 0.25) is 0 Å². The largest absolute Gasteiger partial charge is 0.339 e. The van der Waals surface area contributed by atoms with E-state index < -0.39 is 11.6 Å². The molecule has 3 rings (SSSR count). The first-order chi connectivity index (χ1) is 11.5. The zero-order valence-corrected chi connectivity index (χ0v) is 13.3. The van der Waals surface area contributed by atoms with E-state index in [-0.39, 0.29) is 17.5 Å². The summed E-state index contributed by atoms with van der Waals surface area (Å²) in [4.78, 5) is 22.3. The van der Waals surface area contributed by atoms with Crippen LogP contribution < -0.4 is 5.32 Å². The van der Waals surface area contributed by atoms with Gasteiger partial charge in [0.15, 0.2) is 0 Å². The maximum absolute atomic E-state index is 13.6. The molecular weight excluding hydrogens is 314 g/mol. The van der Waals surface area contributed by atoms with Crippen molar-refractivity contribution in [1.29, 1.82) is 0 Å². The fourth-order valence-electron chi connectivity index (χ4n) is 2.61. The summed E-state index contributed by atoms with van der Waals surface area (Å²) in [5.41, 5.74) is 0.468. The Balaban J connectivity index is 1.68. The Hall–Kier alpha value is -2.57. The van der Waals surface area contributed by atoms with Crippen LogP contribution in [0.5, 0.6) is 0 Å². The van der Waals surface area contributed by atoms with Crippen molar-refractivity contribution in [2.45, 2.75) is 19.8 Å². The maximum atomic E-state index is 13.6. The first kappa shape index (κ1) is 16.3. The Kier molecular flexibility index (Phi) is 4.69. The second-order valence-electron chi connectivity index (χ2n) is 6.02. The smallest absolute Gasteiger partial charge is 0.256 e. The van der Waals surface area contributed by atoms with Gasteiger partial charge in [0.25, 0.3) is 5.91 Å². The SMILES string of the molecule is CC1CCN(C(=O)c2cnc(Nc3ccc(F)cc3F)nc2)CC1. The molecule has 0 spiro atoms. The van der Waals surface area contributed by atoms with Crippen molar-refractivity contribution < 1.29 is 13.6 Å². The molecule has 1 aromatic heterocycles. The first-order valence-electron chi connectivity index (χ1n) is 7.86. The van der Waals surface area contributed by atoms with Crippen LogP contribution in [-0.2, 0) is 0 Å². The molecule has 126 valence electrons. The van der Waals surface area contributed by atoms with Crippen molar-refractivity contribution in [3.63, 3.8) is 0 Å². The molecule has 7 heteroatoms. The quantitative estimate of drug-likeness (QED) is 0.936. The molecule has 1 aliphatic heterocycles. The summed E-state index contributed by atoms with van der Waals surface area (Å²) in [5.74, 6) is -0.704. The van der Waals surface area contributed by atoms with Gasteiger partial charge in [0, 0.05) is 31.5 Å². The standard InChI is InChI=1S/C17H18F2N4O/c1-11-4-6-23(7-5-11)16(24)12-9-20-17(21-10-12)22-15-3-2-13(18)8-14(15)19/h2-3,8-11H,4-7H2,1H3,(H,20,21,22). The van der Waals surface area contributed by atoms with Crippen molar-refractivity contribution >= 4 is 17.5 Å². The minimum atomic E-state index is -0.735. The van der Waals surface area contributed by atoms with Crippen molar-refractivity contribution in [2.24, 2.45) is 5.92 Å². The molecule has 0 atom stereocenters. The van der Waals surface area contributed by atoms with Crippen molar-refractivity contribution in [3.8, 4) is 0 Å². The number of likely N-dealkylation sites (tertiary alicyclic amines) is 1. The minimum Gasteiger partial charge on any atom is -0.339 e. The molecule has 0 saturated carbocycles. The number of benzene rings is 1. The third kappa shape index (κ3) is 3.67. The van der Waals surface area contributed by atoms with Gasteiger partial charge in [-0.2, -0.15) is 0 Å². The summed E-state index contributed by atoms with van der Waals surface area (Å²) in [5, 5.41) is 2.66. The number of nitrogens with one attached hydrogen (secondary N) is 1. The monoisotopic (exact) mass is 332 g/mol. The highest BCUT2D eigenvalue weighted by Gasteiger charge is 2.21. The lowest BCUT2D eigenvalue weighted by atomic mass is 9.99. The molecule has 1 aliphatic rings. The Morgan fingerprint density at radius 1 is 1.21 bits per heavy atom. The van der Waals surface area contributed by atoms with Crippen LogP contribution in [-0.4, -0.2) is 33.9 Å². The first-order valence-corrected chi connectivity index (χ1v) is 7.86. The molecule has 0 bridgehead atoms. The van der Waals surface area contributed by atoms with E-state index in [2.05, 4.69) is 22.2 Å². The van der Waals surface area contributed by atoms with Gasteiger partial charge in [-0.3, -0.25) is 4.79 Å². The van der Waals surface area contributed by atoms with Crippen molar-refractivity contribution in [1.82, 2.24) is 14.9 Å². The average Bonchev–Trinajstić information content (AvgIpc) is 2.58. The second kappa shape index (κ2) is 6.90. The van der Waals surface area contributed by atoms with Gasteiger partial charge in [0.1, 0.15) is 11.6 Å². The van der Waals surface area contributed by atoms with Gasteiger partial charge < -0.3 is 10.2 Å². The Morgan fingerprint density at radius 3 is 2.50 bits per heavy atom. The topological polar surface area (TPSA) is 58.1 Å². The van der Waals surface area contributed by atoms with Crippen LogP contribution in [0.25, 0.3) is 0 Å². The minimum absolute atomic E-state index is 0.0699. The van der Waals surface area contributed by atoms with Crippen molar-refractivity contribution in [3.05, 3.63) is 47.8 Å². The van der Waals surface area contributed by atoms with E-state index >= 15 is 0 Å². The zero-order valence-electron chi connectivity index (χ0n) is 13.3. The second-order valence-corrected chi connectivity index (χ2v) is 6.02. The van der Waals surface area contributed by atoms with Crippen LogP contribution in [0.3, 0.4) is 0 Å². The summed E-state index contributed by atoms with van der Waals surface area (Å²) >= 11 is 0. The summed E-state index contributed by atoms with van der Waals surface area (Å²) < 4.78 is 26.5. The Morgan fingerprint density at radius 2 is 1.88 bits per heavy atom. The van der Waals surface area contributed by atoms with E-state index in [4.69, 9.17) is 0 Å². The number of piperidine rings is 1. The summed E-state index contributed by atoms with van der Waals surface area (Å²) in [6.45, 7) is 3.65. The lowest BCUT2D eigenvalue weighted by Crippen LogP contribution is -2.38. The number of halogens is 2. The highest BCUT2D eigenvalue weighted by molar-refractivity contribution is 5.93. The van der Waals surface area contributed by atoms with Crippen LogP contribution in [0.4, 0.5) is 20.4 Å². The molecule has 1 fully saturated rings. The van der Waals surface area contributed by atoms with E-state index in [9.17, 15) is 13.6 Å². The molecule has 1 aromatic carbocycles. The number of aromatic nitrogens is 2. The number of rotatable bonds is 3. The fraction of sp³-hybridized carbons (Fsp3) is 0.353. The van der Waals surface area contributed by atoms with Crippen LogP contribution >= 0.6 is 0 Å². The third-order valence-electron chi connectivity index (χ3n) is 4.15. The maximum Gasteiger partial charge on any atom is 0.256 e. The van der Waals surface area contributed by atoms with E-state index in [1.807, 2.05) is 0 Å². The number of anilines is 2. The third-order valence-corrected chi connectivity index (χ3v) is 4.15. The zero-order chi connectivity index (χ0) is 17.1. The fourth-order valence-corrected chi connectivity index (χ4v) is 2.61. The lowest BCUT2D eigenvalue weighted by Gasteiger charge is -2.30. The van der Waals surface area contributed by atoms with Gasteiger partial charge in [-0.05, 0) is 30.9 Å². The Labute approximate surface area is 138 Å². The average molecular weight is 332 g/mol. The molecular formula is C17H18F2N4O.